The topological polar surface area (TPSA) is 92.4 Å². The molecule has 1 rings (SSSR count). The number of amides is 1. The molecule has 0 bridgehead atoms. The summed E-state index contributed by atoms with van der Waals surface area (Å²) in [5.74, 6) is -0.230. The van der Waals surface area contributed by atoms with E-state index in [1.54, 1.807) is 23.9 Å². The Morgan fingerprint density at radius 3 is 2.48 bits per heavy atom. The van der Waals surface area contributed by atoms with Gasteiger partial charge in [-0.25, -0.2) is 0 Å². The highest BCUT2D eigenvalue weighted by atomic mass is 32.2. The van der Waals surface area contributed by atoms with Gasteiger partial charge in [-0.15, -0.1) is 0 Å². The van der Waals surface area contributed by atoms with Crippen LogP contribution in [0, 0.1) is 0 Å². The van der Waals surface area contributed by atoms with Gasteiger partial charge in [-0.05, 0) is 42.0 Å². The molecule has 1 unspecified atom stereocenters. The summed E-state index contributed by atoms with van der Waals surface area (Å²) in [7, 11) is 0. The molecule has 1 aromatic rings. The van der Waals surface area contributed by atoms with Gasteiger partial charge in [-0.1, -0.05) is 19.1 Å². The quantitative estimate of drug-likeness (QED) is 0.685. The lowest BCUT2D eigenvalue weighted by Crippen LogP contribution is -2.36. The Hall–Kier alpha value is -1.53. The van der Waals surface area contributed by atoms with Crippen LogP contribution in [0.25, 0.3) is 0 Å². The molecule has 6 heteroatoms. The summed E-state index contributed by atoms with van der Waals surface area (Å²) in [6.45, 7) is 1.86. The minimum atomic E-state index is -0.820. The van der Waals surface area contributed by atoms with Gasteiger partial charge in [-0.2, -0.15) is 11.8 Å². The van der Waals surface area contributed by atoms with Gasteiger partial charge >= 0.3 is 5.97 Å². The fourth-order valence-electron chi connectivity index (χ4n) is 1.89. The van der Waals surface area contributed by atoms with Gasteiger partial charge in [0.2, 0.25) is 5.91 Å². The van der Waals surface area contributed by atoms with Crippen LogP contribution in [0.3, 0.4) is 0 Å². The molecule has 0 aliphatic heterocycles. The zero-order chi connectivity index (χ0) is 15.8. The van der Waals surface area contributed by atoms with E-state index < -0.39 is 12.0 Å². The van der Waals surface area contributed by atoms with Gasteiger partial charge in [0.1, 0.15) is 0 Å². The van der Waals surface area contributed by atoms with E-state index in [4.69, 9.17) is 10.8 Å². The molecule has 0 aromatic heterocycles. The van der Waals surface area contributed by atoms with Crippen molar-refractivity contribution in [1.82, 2.24) is 0 Å². The number of nitrogens with one attached hydrogen (secondary N) is 1. The van der Waals surface area contributed by atoms with E-state index >= 15 is 0 Å². The number of hydrogen-bond acceptors (Lipinski definition) is 4. The van der Waals surface area contributed by atoms with Crippen LogP contribution >= 0.6 is 11.8 Å². The van der Waals surface area contributed by atoms with Crippen LogP contribution in [-0.4, -0.2) is 35.0 Å². The van der Waals surface area contributed by atoms with Gasteiger partial charge in [-0.3, -0.25) is 9.59 Å². The molecule has 21 heavy (non-hydrogen) atoms. The van der Waals surface area contributed by atoms with Crippen molar-refractivity contribution in [1.29, 1.82) is 0 Å². The first-order valence-corrected chi connectivity index (χ1v) is 8.20. The standard InChI is InChI=1S/C15H22N2O3S/c1-10(9-14(18)19)11-3-5-12(6-4-11)17-15(20)13(16)7-8-21-2/h3-6,10,13H,7-9,16H2,1-2H3,(H,17,20)(H,18,19)/t10?,13-/m0/s1. The number of thioether (sulfide) groups is 1. The fraction of sp³-hybridized carbons (Fsp3) is 0.467. The van der Waals surface area contributed by atoms with Gasteiger partial charge < -0.3 is 16.2 Å². The van der Waals surface area contributed by atoms with Crippen LogP contribution in [-0.2, 0) is 9.59 Å². The van der Waals surface area contributed by atoms with E-state index in [0.29, 0.717) is 12.1 Å². The minimum Gasteiger partial charge on any atom is -0.481 e. The Bertz CT molecular complexity index is 476. The van der Waals surface area contributed by atoms with Crippen molar-refractivity contribution >= 4 is 29.3 Å². The van der Waals surface area contributed by atoms with E-state index in [2.05, 4.69) is 5.32 Å². The van der Waals surface area contributed by atoms with E-state index in [1.807, 2.05) is 25.3 Å². The second-order valence-corrected chi connectivity index (χ2v) is 5.98. The average Bonchev–Trinajstić information content (AvgIpc) is 2.44. The Labute approximate surface area is 129 Å². The summed E-state index contributed by atoms with van der Waals surface area (Å²) in [5, 5.41) is 11.5. The molecule has 0 spiro atoms. The van der Waals surface area contributed by atoms with Crippen molar-refractivity contribution in [2.75, 3.05) is 17.3 Å². The maximum atomic E-state index is 11.9. The van der Waals surface area contributed by atoms with E-state index in [1.165, 1.54) is 0 Å². The number of carboxylic acids is 1. The number of benzene rings is 1. The second kappa shape index (κ2) is 8.69. The molecule has 0 aliphatic carbocycles. The highest BCUT2D eigenvalue weighted by Gasteiger charge is 2.14. The number of hydrogen-bond donors (Lipinski definition) is 3. The van der Waals surface area contributed by atoms with Crippen molar-refractivity contribution in [2.24, 2.45) is 5.73 Å². The highest BCUT2D eigenvalue weighted by molar-refractivity contribution is 7.98. The zero-order valence-electron chi connectivity index (χ0n) is 12.3. The summed E-state index contributed by atoms with van der Waals surface area (Å²) in [5.41, 5.74) is 7.40. The number of anilines is 1. The molecule has 0 heterocycles. The molecule has 0 radical (unpaired) electrons. The van der Waals surface area contributed by atoms with Crippen LogP contribution < -0.4 is 11.1 Å². The van der Waals surface area contributed by atoms with Crippen molar-refractivity contribution in [2.45, 2.75) is 31.7 Å². The number of nitrogens with two attached hydrogens (primary N) is 1. The Morgan fingerprint density at radius 1 is 1.33 bits per heavy atom. The SMILES string of the molecule is CSCC[C@H](N)C(=O)Nc1ccc(C(C)CC(=O)O)cc1. The molecule has 0 fully saturated rings. The largest absolute Gasteiger partial charge is 0.481 e. The molecule has 5 nitrogen and oxygen atoms in total. The van der Waals surface area contributed by atoms with Gasteiger partial charge in [0.15, 0.2) is 0 Å². The molecular formula is C15H22N2O3S. The van der Waals surface area contributed by atoms with Gasteiger partial charge in [0, 0.05) is 5.69 Å². The molecule has 116 valence electrons. The molecule has 0 saturated heterocycles. The molecule has 0 aliphatic rings. The van der Waals surface area contributed by atoms with Crippen molar-refractivity contribution in [3.05, 3.63) is 29.8 Å². The predicted molar refractivity (Wildman–Crippen MR) is 86.7 cm³/mol. The lowest BCUT2D eigenvalue weighted by molar-refractivity contribution is -0.137. The van der Waals surface area contributed by atoms with E-state index in [0.717, 1.165) is 11.3 Å². The van der Waals surface area contributed by atoms with Crippen LogP contribution in [0.5, 0.6) is 0 Å². The van der Waals surface area contributed by atoms with Crippen LogP contribution in [0.4, 0.5) is 5.69 Å². The summed E-state index contributed by atoms with van der Waals surface area (Å²) < 4.78 is 0. The molecule has 1 amide bonds. The third-order valence-electron chi connectivity index (χ3n) is 3.20. The fourth-order valence-corrected chi connectivity index (χ4v) is 2.38. The highest BCUT2D eigenvalue weighted by Crippen LogP contribution is 2.21. The van der Waals surface area contributed by atoms with Crippen molar-refractivity contribution < 1.29 is 14.7 Å². The maximum Gasteiger partial charge on any atom is 0.303 e. The van der Waals surface area contributed by atoms with Crippen LogP contribution in [0.15, 0.2) is 24.3 Å². The van der Waals surface area contributed by atoms with Crippen molar-refractivity contribution in [3.8, 4) is 0 Å². The van der Waals surface area contributed by atoms with Crippen molar-refractivity contribution in [3.63, 3.8) is 0 Å². The monoisotopic (exact) mass is 310 g/mol. The first kappa shape index (κ1) is 17.5. The summed E-state index contributed by atoms with van der Waals surface area (Å²) >= 11 is 1.66. The Morgan fingerprint density at radius 2 is 1.95 bits per heavy atom. The number of carbonyl (C=O) groups excluding carboxylic acids is 1. The number of rotatable bonds is 8. The predicted octanol–water partition coefficient (Wildman–Crippen LogP) is 2.28. The third-order valence-corrected chi connectivity index (χ3v) is 3.84. The number of carboxylic acid groups (broad SMARTS) is 1. The second-order valence-electron chi connectivity index (χ2n) is 5.00. The average molecular weight is 310 g/mol. The molecule has 4 N–H and O–H groups in total. The lowest BCUT2D eigenvalue weighted by atomic mass is 9.98. The Balaban J connectivity index is 2.58. The third kappa shape index (κ3) is 6.18. The first-order chi connectivity index (χ1) is 9.93. The maximum absolute atomic E-state index is 11.9. The van der Waals surface area contributed by atoms with E-state index in [9.17, 15) is 9.59 Å². The van der Waals surface area contributed by atoms with E-state index in [-0.39, 0.29) is 18.2 Å². The summed E-state index contributed by atoms with van der Waals surface area (Å²) in [6, 6.07) is 6.69. The lowest BCUT2D eigenvalue weighted by Gasteiger charge is -2.13. The Kier molecular flexibility index (Phi) is 7.25. The molecule has 0 saturated carbocycles. The molecule has 1 aromatic carbocycles. The summed E-state index contributed by atoms with van der Waals surface area (Å²) in [4.78, 5) is 22.5. The van der Waals surface area contributed by atoms with Gasteiger partial charge in [0.05, 0.1) is 12.5 Å². The van der Waals surface area contributed by atoms with Gasteiger partial charge in [0.25, 0.3) is 0 Å². The smallest absolute Gasteiger partial charge is 0.303 e. The number of carbonyl (C=O) groups is 2. The molecular weight excluding hydrogens is 288 g/mol. The van der Waals surface area contributed by atoms with Crippen LogP contribution in [0.2, 0.25) is 0 Å². The first-order valence-electron chi connectivity index (χ1n) is 6.81. The summed E-state index contributed by atoms with van der Waals surface area (Å²) in [6.07, 6.45) is 2.70. The number of aliphatic carboxylic acids is 1. The van der Waals surface area contributed by atoms with Crippen LogP contribution in [0.1, 0.15) is 31.2 Å². The zero-order valence-corrected chi connectivity index (χ0v) is 13.2. The minimum absolute atomic E-state index is 0.0592. The normalized spacial score (nSPS) is 13.5. The molecule has 2 atom stereocenters.